The first kappa shape index (κ1) is 32.8. The molecule has 1 fully saturated rings. The largest absolute Gasteiger partial charge is 0.497 e. The lowest BCUT2D eigenvalue weighted by molar-refractivity contribution is -0.140. The molecule has 5 rings (SSSR count). The highest BCUT2D eigenvalue weighted by Gasteiger charge is 2.35. The highest BCUT2D eigenvalue weighted by Crippen LogP contribution is 2.28. The zero-order valence-electron chi connectivity index (χ0n) is 26.3. The molecule has 0 aromatic heterocycles. The quantitative estimate of drug-likeness (QED) is 0.197. The zero-order valence-corrected chi connectivity index (χ0v) is 27.2. The van der Waals surface area contributed by atoms with Gasteiger partial charge in [-0.2, -0.15) is 0 Å². The van der Waals surface area contributed by atoms with Crippen LogP contribution in [0, 0.1) is 6.92 Å². The van der Waals surface area contributed by atoms with Crippen LogP contribution in [-0.2, 0) is 32.6 Å². The van der Waals surface area contributed by atoms with E-state index in [9.17, 15) is 18.0 Å². The van der Waals surface area contributed by atoms with Crippen LogP contribution in [-0.4, -0.2) is 50.9 Å². The van der Waals surface area contributed by atoms with E-state index >= 15 is 0 Å². The number of carbonyl (C=O) groups excluding carboxylic acids is 2. The van der Waals surface area contributed by atoms with Crippen molar-refractivity contribution >= 4 is 27.5 Å². The summed E-state index contributed by atoms with van der Waals surface area (Å²) in [4.78, 5) is 30.3. The van der Waals surface area contributed by atoms with Crippen molar-refractivity contribution in [2.45, 2.75) is 62.6 Å². The van der Waals surface area contributed by atoms with Crippen molar-refractivity contribution in [3.8, 4) is 5.75 Å². The minimum Gasteiger partial charge on any atom is -0.497 e. The van der Waals surface area contributed by atoms with Crippen LogP contribution in [0.5, 0.6) is 5.75 Å². The highest BCUT2D eigenvalue weighted by molar-refractivity contribution is 7.92. The van der Waals surface area contributed by atoms with Crippen molar-refractivity contribution in [1.29, 1.82) is 0 Å². The molecule has 46 heavy (non-hydrogen) atoms. The van der Waals surface area contributed by atoms with Crippen molar-refractivity contribution in [3.63, 3.8) is 0 Å². The Morgan fingerprint density at radius 1 is 0.848 bits per heavy atom. The average molecular weight is 640 g/mol. The van der Waals surface area contributed by atoms with Gasteiger partial charge in [0.25, 0.3) is 10.0 Å². The highest BCUT2D eigenvalue weighted by atomic mass is 32.2. The molecular formula is C37H41N3O5S. The molecule has 0 unspecified atom stereocenters. The van der Waals surface area contributed by atoms with Crippen LogP contribution in [0.3, 0.4) is 0 Å². The van der Waals surface area contributed by atoms with Crippen molar-refractivity contribution in [2.75, 3.05) is 18.0 Å². The normalized spacial score (nSPS) is 14.0. The first-order chi connectivity index (χ1) is 22.2. The number of methoxy groups -OCH3 is 1. The van der Waals surface area contributed by atoms with Crippen molar-refractivity contribution in [1.82, 2.24) is 10.2 Å². The summed E-state index contributed by atoms with van der Waals surface area (Å²) in [6, 6.07) is 31.2. The Morgan fingerprint density at radius 3 is 2.17 bits per heavy atom. The maximum atomic E-state index is 14.6. The molecule has 0 saturated heterocycles. The maximum absolute atomic E-state index is 14.6. The van der Waals surface area contributed by atoms with Crippen LogP contribution in [0.25, 0.3) is 0 Å². The van der Waals surface area contributed by atoms with Gasteiger partial charge in [0, 0.05) is 25.1 Å². The topological polar surface area (TPSA) is 96.0 Å². The number of aryl methyl sites for hydroxylation is 1. The van der Waals surface area contributed by atoms with Gasteiger partial charge in [-0.05, 0) is 55.2 Å². The second-order valence-corrected chi connectivity index (χ2v) is 13.6. The lowest BCUT2D eigenvalue weighted by atomic mass is 10.0. The molecule has 1 aliphatic carbocycles. The number of benzene rings is 4. The molecule has 0 radical (unpaired) electrons. The number of amides is 2. The summed E-state index contributed by atoms with van der Waals surface area (Å²) in [6.45, 7) is 1.59. The van der Waals surface area contributed by atoms with Crippen LogP contribution in [0.2, 0.25) is 0 Å². The first-order valence-corrected chi connectivity index (χ1v) is 17.1. The van der Waals surface area contributed by atoms with Crippen LogP contribution in [0.15, 0.2) is 114 Å². The van der Waals surface area contributed by atoms with E-state index < -0.39 is 28.5 Å². The van der Waals surface area contributed by atoms with Crippen LogP contribution < -0.4 is 14.4 Å². The third-order valence-corrected chi connectivity index (χ3v) is 10.1. The SMILES string of the molecule is COc1cccc(N(CC(=O)N(Cc2cccc(C)c2)[C@H](Cc2ccccc2)C(=O)NC2CCCC2)S(=O)(=O)c2ccccc2)c1. The number of hydrogen-bond donors (Lipinski definition) is 1. The summed E-state index contributed by atoms with van der Waals surface area (Å²) >= 11 is 0. The van der Waals surface area contributed by atoms with Crippen molar-refractivity contribution in [3.05, 3.63) is 126 Å². The summed E-state index contributed by atoms with van der Waals surface area (Å²) < 4.78 is 34.8. The summed E-state index contributed by atoms with van der Waals surface area (Å²) in [7, 11) is -2.68. The van der Waals surface area contributed by atoms with E-state index in [4.69, 9.17) is 4.74 Å². The van der Waals surface area contributed by atoms with Gasteiger partial charge < -0.3 is 15.0 Å². The molecule has 4 aromatic carbocycles. The van der Waals surface area contributed by atoms with E-state index in [1.54, 1.807) is 47.4 Å². The molecule has 0 heterocycles. The van der Waals surface area contributed by atoms with Gasteiger partial charge in [-0.3, -0.25) is 13.9 Å². The third kappa shape index (κ3) is 8.14. The Kier molecular flexibility index (Phi) is 10.8. The fraction of sp³-hybridized carbons (Fsp3) is 0.297. The fourth-order valence-corrected chi connectivity index (χ4v) is 7.37. The summed E-state index contributed by atoms with van der Waals surface area (Å²) in [5, 5.41) is 3.21. The minimum atomic E-state index is -4.18. The number of nitrogens with one attached hydrogen (secondary N) is 1. The van der Waals surface area contributed by atoms with Gasteiger partial charge in [-0.25, -0.2) is 8.42 Å². The molecule has 1 saturated carbocycles. The summed E-state index contributed by atoms with van der Waals surface area (Å²) in [5.41, 5.74) is 3.04. The molecule has 0 aliphatic heterocycles. The van der Waals surface area contributed by atoms with Gasteiger partial charge >= 0.3 is 0 Å². The molecule has 0 spiro atoms. The smallest absolute Gasteiger partial charge is 0.264 e. The maximum Gasteiger partial charge on any atom is 0.264 e. The van der Waals surface area contributed by atoms with E-state index in [0.29, 0.717) is 5.75 Å². The number of rotatable bonds is 13. The van der Waals surface area contributed by atoms with Gasteiger partial charge in [0.1, 0.15) is 18.3 Å². The van der Waals surface area contributed by atoms with E-state index in [1.807, 2.05) is 61.5 Å². The fourth-order valence-electron chi connectivity index (χ4n) is 5.94. The molecule has 1 aliphatic rings. The van der Waals surface area contributed by atoms with Crippen LogP contribution in [0.1, 0.15) is 42.4 Å². The first-order valence-electron chi connectivity index (χ1n) is 15.7. The monoisotopic (exact) mass is 639 g/mol. The number of ether oxygens (including phenoxy) is 1. The third-order valence-electron chi connectivity index (χ3n) is 8.36. The lowest BCUT2D eigenvalue weighted by Crippen LogP contribution is -2.54. The van der Waals surface area contributed by atoms with E-state index in [0.717, 1.165) is 46.7 Å². The Bertz CT molecular complexity index is 1720. The Morgan fingerprint density at radius 2 is 1.50 bits per heavy atom. The molecule has 1 N–H and O–H groups in total. The van der Waals surface area contributed by atoms with Crippen molar-refractivity contribution < 1.29 is 22.7 Å². The summed E-state index contributed by atoms with van der Waals surface area (Å²) in [5.74, 6) is -0.283. The lowest BCUT2D eigenvalue weighted by Gasteiger charge is -2.34. The van der Waals surface area contributed by atoms with Gasteiger partial charge in [-0.1, -0.05) is 97.3 Å². The second kappa shape index (κ2) is 15.1. The Hall–Kier alpha value is -4.63. The number of anilines is 1. The number of carbonyl (C=O) groups is 2. The molecular weight excluding hydrogens is 598 g/mol. The predicted octanol–water partition coefficient (Wildman–Crippen LogP) is 5.90. The molecule has 240 valence electrons. The Labute approximate surface area is 272 Å². The van der Waals surface area contributed by atoms with Gasteiger partial charge in [0.15, 0.2) is 0 Å². The van der Waals surface area contributed by atoms with Gasteiger partial charge in [0.2, 0.25) is 11.8 Å². The second-order valence-electron chi connectivity index (χ2n) is 11.7. The number of nitrogens with zero attached hydrogens (tertiary/aromatic N) is 2. The van der Waals surface area contributed by atoms with E-state index in [-0.39, 0.29) is 35.5 Å². The molecule has 4 aromatic rings. The Balaban J connectivity index is 1.57. The number of sulfonamides is 1. The van der Waals surface area contributed by atoms with Crippen LogP contribution in [0.4, 0.5) is 5.69 Å². The summed E-state index contributed by atoms with van der Waals surface area (Å²) in [6.07, 6.45) is 4.17. The van der Waals surface area contributed by atoms with E-state index in [2.05, 4.69) is 5.32 Å². The number of hydrogen-bond acceptors (Lipinski definition) is 5. The van der Waals surface area contributed by atoms with Gasteiger partial charge in [0.05, 0.1) is 17.7 Å². The molecule has 1 atom stereocenters. The minimum absolute atomic E-state index is 0.0495. The molecule has 8 nitrogen and oxygen atoms in total. The zero-order chi connectivity index (χ0) is 32.5. The molecule has 9 heteroatoms. The molecule has 2 amide bonds. The average Bonchev–Trinajstić information content (AvgIpc) is 3.59. The van der Waals surface area contributed by atoms with Gasteiger partial charge in [-0.15, -0.1) is 0 Å². The predicted molar refractivity (Wildman–Crippen MR) is 180 cm³/mol. The van der Waals surface area contributed by atoms with E-state index in [1.165, 1.54) is 19.2 Å². The standard InChI is InChI=1S/C37H41N3O5S/c1-28-13-11-16-30(23-28)26-39(35(24-29-14-5-3-6-15-29)37(42)38-31-17-9-10-18-31)36(41)27-40(32-19-12-20-33(25-32)45-2)46(43,44)34-21-7-4-8-22-34/h3-8,11-16,19-23,25,31,35H,9-10,17-18,24,26-27H2,1-2H3,(H,38,42)/t35-/m1/s1. The molecule has 0 bridgehead atoms. The van der Waals surface area contributed by atoms with Crippen LogP contribution >= 0.6 is 0 Å². The van der Waals surface area contributed by atoms with Crippen molar-refractivity contribution in [2.24, 2.45) is 0 Å².